The minimum absolute atomic E-state index is 0.297. The molecular formula is C11H19NO2S. The second-order valence-electron chi connectivity index (χ2n) is 4.77. The lowest BCUT2D eigenvalue weighted by atomic mass is 9.84. The molecule has 15 heavy (non-hydrogen) atoms. The maximum Gasteiger partial charge on any atom is 0.320 e. The molecule has 0 saturated heterocycles. The van der Waals surface area contributed by atoms with Crippen LogP contribution in [-0.4, -0.2) is 34.7 Å². The number of aliphatic carboxylic acids is 1. The fraction of sp³-hybridized carbons (Fsp3) is 0.909. The first-order chi connectivity index (χ1) is 7.17. The third-order valence-corrected chi connectivity index (χ3v) is 5.12. The molecule has 0 heterocycles. The van der Waals surface area contributed by atoms with E-state index in [4.69, 9.17) is 5.11 Å². The van der Waals surface area contributed by atoms with Crippen molar-refractivity contribution in [2.24, 2.45) is 5.92 Å². The van der Waals surface area contributed by atoms with Gasteiger partial charge in [-0.05, 0) is 37.9 Å². The Kier molecular flexibility index (Phi) is 3.26. The van der Waals surface area contributed by atoms with Crippen molar-refractivity contribution in [1.82, 2.24) is 5.32 Å². The van der Waals surface area contributed by atoms with Crippen LogP contribution in [0.25, 0.3) is 0 Å². The normalized spacial score (nSPS) is 25.7. The average molecular weight is 229 g/mol. The molecule has 2 fully saturated rings. The fourth-order valence-corrected chi connectivity index (χ4v) is 3.13. The van der Waals surface area contributed by atoms with E-state index in [0.29, 0.717) is 10.7 Å². The van der Waals surface area contributed by atoms with E-state index < -0.39 is 5.97 Å². The number of thioether (sulfide) groups is 1. The summed E-state index contributed by atoms with van der Waals surface area (Å²) in [5.74, 6) is -0.283. The third kappa shape index (κ3) is 2.48. The minimum atomic E-state index is -0.673. The third-order valence-electron chi connectivity index (χ3n) is 3.70. The number of hydrogen-bond donors (Lipinski definition) is 2. The Hall–Kier alpha value is -0.220. The summed E-state index contributed by atoms with van der Waals surface area (Å²) in [6.07, 6.45) is 8.06. The maximum absolute atomic E-state index is 11.0. The second kappa shape index (κ2) is 4.34. The Morgan fingerprint density at radius 3 is 2.60 bits per heavy atom. The summed E-state index contributed by atoms with van der Waals surface area (Å²) in [6.45, 7) is 0.863. The number of nitrogens with one attached hydrogen (secondary N) is 1. The van der Waals surface area contributed by atoms with Gasteiger partial charge in [0.05, 0.1) is 0 Å². The molecule has 2 aliphatic rings. The first kappa shape index (κ1) is 11.3. The van der Waals surface area contributed by atoms with E-state index in [1.54, 1.807) is 0 Å². The highest BCUT2D eigenvalue weighted by Crippen LogP contribution is 2.42. The quantitative estimate of drug-likeness (QED) is 0.728. The van der Waals surface area contributed by atoms with Gasteiger partial charge in [0.2, 0.25) is 0 Å². The Labute approximate surface area is 95.0 Å². The summed E-state index contributed by atoms with van der Waals surface area (Å²) >= 11 is 1.89. The summed E-state index contributed by atoms with van der Waals surface area (Å²) in [5, 5.41) is 12.3. The second-order valence-corrected chi connectivity index (χ2v) is 6.05. The molecule has 0 bridgehead atoms. The van der Waals surface area contributed by atoms with Crippen molar-refractivity contribution in [2.75, 3.05) is 12.8 Å². The molecule has 0 spiro atoms. The van der Waals surface area contributed by atoms with E-state index in [1.807, 2.05) is 11.8 Å². The zero-order valence-corrected chi connectivity index (χ0v) is 9.98. The van der Waals surface area contributed by atoms with Crippen LogP contribution in [0.5, 0.6) is 0 Å². The van der Waals surface area contributed by atoms with Gasteiger partial charge in [0.1, 0.15) is 6.04 Å². The molecule has 2 rings (SSSR count). The van der Waals surface area contributed by atoms with Crippen LogP contribution in [0, 0.1) is 5.92 Å². The Bertz CT molecular complexity index is 243. The van der Waals surface area contributed by atoms with Crippen molar-refractivity contribution in [3.05, 3.63) is 0 Å². The summed E-state index contributed by atoms with van der Waals surface area (Å²) in [5.41, 5.74) is 0. The van der Waals surface area contributed by atoms with E-state index in [9.17, 15) is 4.79 Å². The molecular weight excluding hydrogens is 210 g/mol. The minimum Gasteiger partial charge on any atom is -0.480 e. The maximum atomic E-state index is 11.0. The molecule has 2 N–H and O–H groups in total. The van der Waals surface area contributed by atoms with Crippen molar-refractivity contribution < 1.29 is 9.90 Å². The van der Waals surface area contributed by atoms with Crippen LogP contribution in [0.3, 0.4) is 0 Å². The summed E-state index contributed by atoms with van der Waals surface area (Å²) < 4.78 is 0.336. The molecule has 0 aromatic heterocycles. The van der Waals surface area contributed by atoms with E-state index in [1.165, 1.54) is 19.3 Å². The van der Waals surface area contributed by atoms with E-state index >= 15 is 0 Å². The first-order valence-corrected chi connectivity index (χ1v) is 6.91. The van der Waals surface area contributed by atoms with E-state index in [-0.39, 0.29) is 6.04 Å². The number of carbonyl (C=O) groups is 1. The van der Waals surface area contributed by atoms with Gasteiger partial charge in [-0.15, -0.1) is 0 Å². The molecule has 3 nitrogen and oxygen atoms in total. The van der Waals surface area contributed by atoms with Gasteiger partial charge in [-0.3, -0.25) is 4.79 Å². The number of hydrogen-bond acceptors (Lipinski definition) is 3. The molecule has 0 aromatic carbocycles. The lowest BCUT2D eigenvalue weighted by molar-refractivity contribution is -0.140. The van der Waals surface area contributed by atoms with Gasteiger partial charge in [0.15, 0.2) is 0 Å². The molecule has 1 atom stereocenters. The predicted octanol–water partition coefficient (Wildman–Crippen LogP) is 1.72. The molecule has 0 aromatic rings. The van der Waals surface area contributed by atoms with Crippen LogP contribution >= 0.6 is 11.8 Å². The van der Waals surface area contributed by atoms with Gasteiger partial charge in [0.25, 0.3) is 0 Å². The van der Waals surface area contributed by atoms with Gasteiger partial charge in [0, 0.05) is 11.3 Å². The van der Waals surface area contributed by atoms with Crippen molar-refractivity contribution in [3.63, 3.8) is 0 Å². The van der Waals surface area contributed by atoms with Crippen LogP contribution in [0.1, 0.15) is 32.1 Å². The van der Waals surface area contributed by atoms with Crippen molar-refractivity contribution >= 4 is 17.7 Å². The highest BCUT2D eigenvalue weighted by molar-refractivity contribution is 8.00. The van der Waals surface area contributed by atoms with E-state index in [0.717, 1.165) is 19.4 Å². The molecule has 1 unspecified atom stereocenters. The van der Waals surface area contributed by atoms with Crippen LogP contribution in [-0.2, 0) is 4.79 Å². The largest absolute Gasteiger partial charge is 0.480 e. The highest BCUT2D eigenvalue weighted by Gasteiger charge is 2.40. The van der Waals surface area contributed by atoms with Crippen LogP contribution < -0.4 is 5.32 Å². The SMILES string of the molecule is CSC1(CNC(C(=O)O)C2CC2)CCC1. The zero-order valence-electron chi connectivity index (χ0n) is 9.16. The van der Waals surface area contributed by atoms with Gasteiger partial charge in [-0.1, -0.05) is 6.42 Å². The predicted molar refractivity (Wildman–Crippen MR) is 62.2 cm³/mol. The summed E-state index contributed by atoms with van der Waals surface area (Å²) in [6, 6.07) is -0.297. The Morgan fingerprint density at radius 2 is 2.27 bits per heavy atom. The van der Waals surface area contributed by atoms with Crippen molar-refractivity contribution in [1.29, 1.82) is 0 Å². The lowest BCUT2D eigenvalue weighted by Crippen LogP contribution is -2.49. The zero-order chi connectivity index (χ0) is 10.9. The number of carboxylic acids is 1. The van der Waals surface area contributed by atoms with Gasteiger partial charge >= 0.3 is 5.97 Å². The van der Waals surface area contributed by atoms with Crippen LogP contribution in [0.2, 0.25) is 0 Å². The van der Waals surface area contributed by atoms with Gasteiger partial charge < -0.3 is 10.4 Å². The fourth-order valence-electron chi connectivity index (χ4n) is 2.21. The standard InChI is InChI=1S/C11H19NO2S/c1-15-11(5-2-6-11)7-12-9(10(13)14)8-3-4-8/h8-9,12H,2-7H2,1H3,(H,13,14). The molecule has 0 aliphatic heterocycles. The van der Waals surface area contributed by atoms with Crippen molar-refractivity contribution in [3.8, 4) is 0 Å². The molecule has 4 heteroatoms. The number of carboxylic acid groups (broad SMARTS) is 1. The summed E-state index contributed by atoms with van der Waals surface area (Å²) in [7, 11) is 0. The highest BCUT2D eigenvalue weighted by atomic mass is 32.2. The average Bonchev–Trinajstić information content (AvgIpc) is 2.92. The van der Waals surface area contributed by atoms with Gasteiger partial charge in [-0.25, -0.2) is 0 Å². The van der Waals surface area contributed by atoms with E-state index in [2.05, 4.69) is 11.6 Å². The molecule has 0 amide bonds. The summed E-state index contributed by atoms with van der Waals surface area (Å²) in [4.78, 5) is 11.0. The Morgan fingerprint density at radius 1 is 1.60 bits per heavy atom. The molecule has 2 saturated carbocycles. The van der Waals surface area contributed by atoms with Crippen LogP contribution in [0.4, 0.5) is 0 Å². The topological polar surface area (TPSA) is 49.3 Å². The first-order valence-electron chi connectivity index (χ1n) is 5.68. The van der Waals surface area contributed by atoms with Crippen molar-refractivity contribution in [2.45, 2.75) is 42.9 Å². The molecule has 86 valence electrons. The van der Waals surface area contributed by atoms with Crippen LogP contribution in [0.15, 0.2) is 0 Å². The Balaban J connectivity index is 1.82. The van der Waals surface area contributed by atoms with Gasteiger partial charge in [-0.2, -0.15) is 11.8 Å². The molecule has 0 radical (unpaired) electrons. The number of rotatable bonds is 6. The smallest absolute Gasteiger partial charge is 0.320 e. The lowest BCUT2D eigenvalue weighted by Gasteiger charge is -2.41. The monoisotopic (exact) mass is 229 g/mol. The molecule has 2 aliphatic carbocycles.